The van der Waals surface area contributed by atoms with Crippen LogP contribution in [0.1, 0.15) is 11.1 Å². The molecule has 2 aromatic carbocycles. The Morgan fingerprint density at radius 3 is 2.32 bits per heavy atom. The van der Waals surface area contributed by atoms with Crippen LogP contribution in [0.4, 0.5) is 17.6 Å². The number of hydrogen-bond donors (Lipinski definition) is 0. The standard InChI is InChI=1S/C15H10F4/c1-2-10-7-11(9-12(16)8-10)13-5-3-4-6-14(13)15(17,18)19/h2-9H,1H2. The maximum atomic E-state index is 13.4. The Hall–Kier alpha value is -2.10. The highest BCUT2D eigenvalue weighted by Crippen LogP contribution is 2.37. The van der Waals surface area contributed by atoms with Crippen LogP contribution in [0.25, 0.3) is 17.2 Å². The zero-order chi connectivity index (χ0) is 14.0. The van der Waals surface area contributed by atoms with Crippen LogP contribution < -0.4 is 0 Å². The van der Waals surface area contributed by atoms with E-state index in [1.54, 1.807) is 0 Å². The van der Waals surface area contributed by atoms with Gasteiger partial charge in [-0.25, -0.2) is 4.39 Å². The van der Waals surface area contributed by atoms with Crippen LogP contribution in [0.15, 0.2) is 49.0 Å². The molecule has 0 nitrogen and oxygen atoms in total. The third-order valence-corrected chi connectivity index (χ3v) is 2.70. The minimum absolute atomic E-state index is 0.0439. The van der Waals surface area contributed by atoms with Crippen molar-refractivity contribution in [3.05, 3.63) is 66.0 Å². The molecule has 0 spiro atoms. The van der Waals surface area contributed by atoms with Gasteiger partial charge in [0.15, 0.2) is 0 Å². The van der Waals surface area contributed by atoms with Crippen molar-refractivity contribution in [3.63, 3.8) is 0 Å². The van der Waals surface area contributed by atoms with Crippen molar-refractivity contribution in [2.75, 3.05) is 0 Å². The Morgan fingerprint density at radius 1 is 1.00 bits per heavy atom. The number of alkyl halides is 3. The minimum atomic E-state index is -4.47. The fraction of sp³-hybridized carbons (Fsp3) is 0.0667. The summed E-state index contributed by atoms with van der Waals surface area (Å²) in [6.07, 6.45) is -3.08. The van der Waals surface area contributed by atoms with Crippen molar-refractivity contribution in [2.45, 2.75) is 6.18 Å². The number of rotatable bonds is 2. The summed E-state index contributed by atoms with van der Waals surface area (Å²) in [7, 11) is 0. The minimum Gasteiger partial charge on any atom is -0.207 e. The fourth-order valence-electron chi connectivity index (χ4n) is 1.87. The van der Waals surface area contributed by atoms with E-state index in [0.717, 1.165) is 12.1 Å². The Kier molecular flexibility index (Phi) is 3.42. The zero-order valence-electron chi connectivity index (χ0n) is 9.84. The van der Waals surface area contributed by atoms with Crippen LogP contribution in [0.3, 0.4) is 0 Å². The Bertz CT molecular complexity index is 612. The van der Waals surface area contributed by atoms with Crippen molar-refractivity contribution in [3.8, 4) is 11.1 Å². The number of benzene rings is 2. The van der Waals surface area contributed by atoms with E-state index in [1.165, 1.54) is 36.4 Å². The average Bonchev–Trinajstić information content (AvgIpc) is 2.37. The monoisotopic (exact) mass is 266 g/mol. The topological polar surface area (TPSA) is 0 Å². The number of halogens is 4. The molecule has 0 fully saturated rings. The highest BCUT2D eigenvalue weighted by atomic mass is 19.4. The van der Waals surface area contributed by atoms with Crippen molar-refractivity contribution < 1.29 is 17.6 Å². The molecule has 19 heavy (non-hydrogen) atoms. The van der Waals surface area contributed by atoms with Crippen LogP contribution in [0.5, 0.6) is 0 Å². The summed E-state index contributed by atoms with van der Waals surface area (Å²) in [4.78, 5) is 0. The van der Waals surface area contributed by atoms with Gasteiger partial charge in [0.05, 0.1) is 5.56 Å². The molecule has 0 saturated carbocycles. The molecule has 0 aromatic heterocycles. The lowest BCUT2D eigenvalue weighted by atomic mass is 9.97. The highest BCUT2D eigenvalue weighted by molar-refractivity contribution is 5.70. The molecular weight excluding hydrogens is 256 g/mol. The fourth-order valence-corrected chi connectivity index (χ4v) is 1.87. The summed E-state index contributed by atoms with van der Waals surface area (Å²) in [6.45, 7) is 3.49. The second kappa shape index (κ2) is 4.88. The molecule has 0 radical (unpaired) electrons. The normalized spacial score (nSPS) is 11.4. The van der Waals surface area contributed by atoms with Gasteiger partial charge in [-0.3, -0.25) is 0 Å². The molecule has 0 aliphatic rings. The molecule has 0 N–H and O–H groups in total. The third kappa shape index (κ3) is 2.84. The Balaban J connectivity index is 2.65. The second-order valence-electron chi connectivity index (χ2n) is 4.02. The van der Waals surface area contributed by atoms with Crippen LogP contribution in [0, 0.1) is 5.82 Å². The van der Waals surface area contributed by atoms with Gasteiger partial charge in [0, 0.05) is 0 Å². The molecule has 0 heterocycles. The maximum absolute atomic E-state index is 13.4. The van der Waals surface area contributed by atoms with E-state index in [9.17, 15) is 17.6 Å². The van der Waals surface area contributed by atoms with E-state index < -0.39 is 17.6 Å². The van der Waals surface area contributed by atoms with Gasteiger partial charge < -0.3 is 0 Å². The summed E-state index contributed by atoms with van der Waals surface area (Å²) in [5.74, 6) is -0.593. The van der Waals surface area contributed by atoms with E-state index in [0.29, 0.717) is 5.56 Å². The van der Waals surface area contributed by atoms with Crippen LogP contribution in [-0.4, -0.2) is 0 Å². The maximum Gasteiger partial charge on any atom is 0.417 e. The molecule has 0 unspecified atom stereocenters. The SMILES string of the molecule is C=Cc1cc(F)cc(-c2ccccc2C(F)(F)F)c1. The molecule has 98 valence electrons. The molecule has 0 amide bonds. The third-order valence-electron chi connectivity index (χ3n) is 2.70. The second-order valence-corrected chi connectivity index (χ2v) is 4.02. The highest BCUT2D eigenvalue weighted by Gasteiger charge is 2.33. The van der Waals surface area contributed by atoms with Crippen molar-refractivity contribution in [1.82, 2.24) is 0 Å². The van der Waals surface area contributed by atoms with Gasteiger partial charge in [0.25, 0.3) is 0 Å². The van der Waals surface area contributed by atoms with Gasteiger partial charge >= 0.3 is 6.18 Å². The van der Waals surface area contributed by atoms with Gasteiger partial charge in [-0.15, -0.1) is 0 Å². The Morgan fingerprint density at radius 2 is 1.68 bits per heavy atom. The van der Waals surface area contributed by atoms with E-state index in [-0.39, 0.29) is 11.1 Å². The first kappa shape index (κ1) is 13.3. The van der Waals surface area contributed by atoms with Crippen molar-refractivity contribution in [1.29, 1.82) is 0 Å². The molecular formula is C15H10F4. The lowest BCUT2D eigenvalue weighted by Crippen LogP contribution is -2.06. The summed E-state index contributed by atoms with van der Waals surface area (Å²) in [6, 6.07) is 8.87. The average molecular weight is 266 g/mol. The first-order valence-corrected chi connectivity index (χ1v) is 5.51. The van der Waals surface area contributed by atoms with E-state index in [2.05, 4.69) is 6.58 Å². The van der Waals surface area contributed by atoms with Gasteiger partial charge in [-0.2, -0.15) is 13.2 Å². The van der Waals surface area contributed by atoms with Crippen molar-refractivity contribution in [2.24, 2.45) is 0 Å². The lowest BCUT2D eigenvalue weighted by molar-refractivity contribution is -0.137. The molecule has 2 rings (SSSR count). The molecule has 0 saturated heterocycles. The molecule has 0 aliphatic carbocycles. The molecule has 0 bridgehead atoms. The van der Waals surface area contributed by atoms with E-state index >= 15 is 0 Å². The predicted molar refractivity (Wildman–Crippen MR) is 66.9 cm³/mol. The van der Waals surface area contributed by atoms with Crippen molar-refractivity contribution >= 4 is 6.08 Å². The molecule has 4 heteroatoms. The smallest absolute Gasteiger partial charge is 0.207 e. The van der Waals surface area contributed by atoms with Gasteiger partial charge in [-0.05, 0) is 41.0 Å². The summed E-state index contributed by atoms with van der Waals surface area (Å²) in [5, 5.41) is 0. The lowest BCUT2D eigenvalue weighted by Gasteiger charge is -2.13. The molecule has 2 aromatic rings. The molecule has 0 aliphatic heterocycles. The first-order valence-electron chi connectivity index (χ1n) is 5.51. The van der Waals surface area contributed by atoms with Gasteiger partial charge in [0.2, 0.25) is 0 Å². The Labute approximate surface area is 108 Å². The van der Waals surface area contributed by atoms with Crippen LogP contribution >= 0.6 is 0 Å². The summed E-state index contributed by atoms with van der Waals surface area (Å²) < 4.78 is 52.1. The summed E-state index contributed by atoms with van der Waals surface area (Å²) >= 11 is 0. The van der Waals surface area contributed by atoms with Gasteiger partial charge in [-0.1, -0.05) is 30.9 Å². The number of hydrogen-bond acceptors (Lipinski definition) is 0. The zero-order valence-corrected chi connectivity index (χ0v) is 9.84. The van der Waals surface area contributed by atoms with E-state index in [4.69, 9.17) is 0 Å². The molecule has 0 atom stereocenters. The first-order chi connectivity index (χ1) is 8.91. The van der Waals surface area contributed by atoms with E-state index in [1.807, 2.05) is 0 Å². The summed E-state index contributed by atoms with van der Waals surface area (Å²) in [5.41, 5.74) is -0.206. The largest absolute Gasteiger partial charge is 0.417 e. The quantitative estimate of drug-likeness (QED) is 0.659. The van der Waals surface area contributed by atoms with Crippen LogP contribution in [0.2, 0.25) is 0 Å². The predicted octanol–water partition coefficient (Wildman–Crippen LogP) is 5.15. The van der Waals surface area contributed by atoms with Crippen LogP contribution in [-0.2, 0) is 6.18 Å². The van der Waals surface area contributed by atoms with Gasteiger partial charge in [0.1, 0.15) is 5.82 Å².